The summed E-state index contributed by atoms with van der Waals surface area (Å²) in [5, 5.41) is 6.38. The zero-order valence-corrected chi connectivity index (χ0v) is 19.0. The second-order valence-electron chi connectivity index (χ2n) is 8.62. The molecular formula is C25H39N5O. The Kier molecular flexibility index (Phi) is 9.43. The topological polar surface area (TPSA) is 73.6 Å². The Bertz CT molecular complexity index is 732. The van der Waals surface area contributed by atoms with Crippen molar-refractivity contribution in [2.24, 2.45) is 11.7 Å². The van der Waals surface area contributed by atoms with Crippen molar-refractivity contribution in [3.8, 4) is 0 Å². The minimum atomic E-state index is -0.0432. The second kappa shape index (κ2) is 12.5. The Labute approximate surface area is 187 Å². The number of nitrogens with zero attached hydrogens (tertiary/aromatic N) is 2. The van der Waals surface area contributed by atoms with Crippen LogP contribution in [0.15, 0.2) is 53.9 Å². The standard InChI is InChI=1S/C25H39N5O/c1-2-23(20-24(26)30-18-12-27-13-19-30)25(31)28-14-17-29-15-10-22(11-16-29)9-8-21-6-4-3-5-7-21/h2-7,20,22,27H,8-19,26H2,1H3,(H,28,31)/b23-2+,24-20+. The molecule has 2 heterocycles. The van der Waals surface area contributed by atoms with E-state index >= 15 is 0 Å². The lowest BCUT2D eigenvalue weighted by molar-refractivity contribution is -0.117. The summed E-state index contributed by atoms with van der Waals surface area (Å²) < 4.78 is 0. The zero-order valence-electron chi connectivity index (χ0n) is 19.0. The van der Waals surface area contributed by atoms with Gasteiger partial charge in [0.15, 0.2) is 0 Å². The number of amides is 1. The third kappa shape index (κ3) is 7.71. The molecule has 0 atom stereocenters. The Morgan fingerprint density at radius 2 is 1.87 bits per heavy atom. The summed E-state index contributed by atoms with van der Waals surface area (Å²) >= 11 is 0. The molecule has 2 aliphatic heterocycles. The Hall–Kier alpha value is -2.31. The van der Waals surface area contributed by atoms with Crippen molar-refractivity contribution >= 4 is 5.91 Å². The number of rotatable bonds is 9. The van der Waals surface area contributed by atoms with Crippen molar-refractivity contribution in [1.82, 2.24) is 20.4 Å². The third-order valence-corrected chi connectivity index (χ3v) is 6.46. The molecule has 1 amide bonds. The van der Waals surface area contributed by atoms with Crippen molar-refractivity contribution in [2.75, 3.05) is 52.4 Å². The van der Waals surface area contributed by atoms with Gasteiger partial charge in [0.1, 0.15) is 0 Å². The van der Waals surface area contributed by atoms with Crippen LogP contribution in [0.4, 0.5) is 0 Å². The van der Waals surface area contributed by atoms with Crippen LogP contribution >= 0.6 is 0 Å². The first-order valence-corrected chi connectivity index (χ1v) is 11.8. The number of hydrogen-bond acceptors (Lipinski definition) is 5. The van der Waals surface area contributed by atoms with Crippen LogP contribution in [0.1, 0.15) is 31.7 Å². The second-order valence-corrected chi connectivity index (χ2v) is 8.62. The smallest absolute Gasteiger partial charge is 0.251 e. The molecule has 0 spiro atoms. The first-order chi connectivity index (χ1) is 15.2. The van der Waals surface area contributed by atoms with Gasteiger partial charge in [-0.05, 0) is 63.3 Å². The summed E-state index contributed by atoms with van der Waals surface area (Å²) in [6.45, 7) is 9.32. The Balaban J connectivity index is 1.33. The number of likely N-dealkylation sites (tertiary alicyclic amines) is 1. The summed E-state index contributed by atoms with van der Waals surface area (Å²) in [5.41, 5.74) is 8.29. The maximum atomic E-state index is 12.6. The fourth-order valence-electron chi connectivity index (χ4n) is 4.40. The van der Waals surface area contributed by atoms with Crippen molar-refractivity contribution in [3.05, 3.63) is 59.4 Å². The molecule has 170 valence electrons. The average molecular weight is 426 g/mol. The highest BCUT2D eigenvalue weighted by Crippen LogP contribution is 2.22. The SMILES string of the molecule is C/C=C(\C=C(/N)N1CCNCC1)C(=O)NCCN1CCC(CCc2ccccc2)CC1. The Morgan fingerprint density at radius 3 is 2.55 bits per heavy atom. The summed E-state index contributed by atoms with van der Waals surface area (Å²) in [4.78, 5) is 17.2. The number of aryl methyl sites for hydroxylation is 1. The third-order valence-electron chi connectivity index (χ3n) is 6.46. The molecule has 31 heavy (non-hydrogen) atoms. The molecule has 0 aromatic heterocycles. The van der Waals surface area contributed by atoms with Crippen molar-refractivity contribution in [2.45, 2.75) is 32.6 Å². The summed E-state index contributed by atoms with van der Waals surface area (Å²) in [6.07, 6.45) is 8.61. The van der Waals surface area contributed by atoms with Crippen LogP contribution in [0.2, 0.25) is 0 Å². The minimum absolute atomic E-state index is 0.0432. The molecule has 0 radical (unpaired) electrons. The number of hydrogen-bond donors (Lipinski definition) is 3. The van der Waals surface area contributed by atoms with E-state index in [1.807, 2.05) is 13.0 Å². The van der Waals surface area contributed by atoms with E-state index < -0.39 is 0 Å². The number of carbonyl (C=O) groups is 1. The molecule has 6 heteroatoms. The van der Waals surface area contributed by atoms with E-state index in [1.54, 1.807) is 6.08 Å². The summed E-state index contributed by atoms with van der Waals surface area (Å²) in [7, 11) is 0. The van der Waals surface area contributed by atoms with Crippen LogP contribution in [0, 0.1) is 5.92 Å². The van der Waals surface area contributed by atoms with E-state index in [-0.39, 0.29) is 5.91 Å². The van der Waals surface area contributed by atoms with E-state index in [2.05, 4.69) is 50.8 Å². The fourth-order valence-corrected chi connectivity index (χ4v) is 4.40. The number of piperazine rings is 1. The van der Waals surface area contributed by atoms with E-state index in [9.17, 15) is 4.79 Å². The van der Waals surface area contributed by atoms with Crippen LogP contribution in [0.25, 0.3) is 0 Å². The molecule has 2 fully saturated rings. The van der Waals surface area contributed by atoms with Gasteiger partial charge in [-0.1, -0.05) is 36.4 Å². The van der Waals surface area contributed by atoms with Crippen molar-refractivity contribution in [1.29, 1.82) is 0 Å². The molecule has 2 aliphatic rings. The summed E-state index contributed by atoms with van der Waals surface area (Å²) in [5.74, 6) is 1.44. The number of nitrogens with two attached hydrogens (primary N) is 1. The highest BCUT2D eigenvalue weighted by Gasteiger charge is 2.19. The number of nitrogens with one attached hydrogen (secondary N) is 2. The van der Waals surface area contributed by atoms with Gasteiger partial charge in [-0.3, -0.25) is 4.79 Å². The Morgan fingerprint density at radius 1 is 1.16 bits per heavy atom. The highest BCUT2D eigenvalue weighted by atomic mass is 16.1. The number of piperidine rings is 1. The van der Waals surface area contributed by atoms with E-state index in [0.717, 1.165) is 51.7 Å². The highest BCUT2D eigenvalue weighted by molar-refractivity contribution is 5.96. The van der Waals surface area contributed by atoms with Gasteiger partial charge in [-0.2, -0.15) is 0 Å². The molecule has 0 saturated carbocycles. The molecule has 0 unspecified atom stereocenters. The predicted molar refractivity (Wildman–Crippen MR) is 127 cm³/mol. The van der Waals surface area contributed by atoms with E-state index in [0.29, 0.717) is 17.9 Å². The monoisotopic (exact) mass is 425 g/mol. The lowest BCUT2D eigenvalue weighted by Gasteiger charge is -2.32. The van der Waals surface area contributed by atoms with Gasteiger partial charge in [0.25, 0.3) is 5.91 Å². The lowest BCUT2D eigenvalue weighted by Crippen LogP contribution is -2.44. The molecule has 6 nitrogen and oxygen atoms in total. The van der Waals surface area contributed by atoms with Crippen LogP contribution in [0.5, 0.6) is 0 Å². The largest absolute Gasteiger partial charge is 0.385 e. The van der Waals surface area contributed by atoms with Crippen LogP contribution in [0.3, 0.4) is 0 Å². The molecule has 0 aliphatic carbocycles. The molecule has 2 saturated heterocycles. The molecule has 4 N–H and O–H groups in total. The van der Waals surface area contributed by atoms with Crippen molar-refractivity contribution < 1.29 is 4.79 Å². The van der Waals surface area contributed by atoms with Crippen LogP contribution < -0.4 is 16.4 Å². The average Bonchev–Trinajstić information content (AvgIpc) is 2.83. The normalized spacial score (nSPS) is 19.5. The quantitative estimate of drug-likeness (QED) is 0.417. The summed E-state index contributed by atoms with van der Waals surface area (Å²) in [6, 6.07) is 10.8. The maximum absolute atomic E-state index is 12.6. The first-order valence-electron chi connectivity index (χ1n) is 11.8. The fraction of sp³-hybridized carbons (Fsp3) is 0.560. The van der Waals surface area contributed by atoms with Gasteiger partial charge >= 0.3 is 0 Å². The van der Waals surface area contributed by atoms with Crippen LogP contribution in [-0.4, -0.2) is 68.1 Å². The molecule has 3 rings (SSSR count). The lowest BCUT2D eigenvalue weighted by atomic mass is 9.90. The first kappa shape index (κ1) is 23.4. The molecule has 1 aromatic rings. The molecule has 1 aromatic carbocycles. The van der Waals surface area contributed by atoms with E-state index in [1.165, 1.54) is 31.2 Å². The van der Waals surface area contributed by atoms with Gasteiger partial charge < -0.3 is 26.2 Å². The number of allylic oxidation sites excluding steroid dienone is 1. The van der Waals surface area contributed by atoms with E-state index in [4.69, 9.17) is 5.73 Å². The minimum Gasteiger partial charge on any atom is -0.385 e. The van der Waals surface area contributed by atoms with Gasteiger partial charge in [0.2, 0.25) is 0 Å². The molecular weight excluding hydrogens is 386 g/mol. The van der Waals surface area contributed by atoms with Gasteiger partial charge in [-0.15, -0.1) is 0 Å². The van der Waals surface area contributed by atoms with Crippen LogP contribution in [-0.2, 0) is 11.2 Å². The van der Waals surface area contributed by atoms with Crippen molar-refractivity contribution in [3.63, 3.8) is 0 Å². The predicted octanol–water partition coefficient (Wildman–Crippen LogP) is 2.10. The maximum Gasteiger partial charge on any atom is 0.251 e. The van der Waals surface area contributed by atoms with Gasteiger partial charge in [-0.25, -0.2) is 0 Å². The number of benzene rings is 1. The molecule has 0 bridgehead atoms. The van der Waals surface area contributed by atoms with Gasteiger partial charge in [0, 0.05) is 44.8 Å². The number of carbonyl (C=O) groups excluding carboxylic acids is 1. The zero-order chi connectivity index (χ0) is 21.9. The van der Waals surface area contributed by atoms with Gasteiger partial charge in [0.05, 0.1) is 5.82 Å².